The van der Waals surface area contributed by atoms with E-state index in [0.717, 1.165) is 0 Å². The maximum absolute atomic E-state index is 2.56. The average Bonchev–Trinajstić information content (AvgIpc) is 2.79. The van der Waals surface area contributed by atoms with Crippen LogP contribution in [0.2, 0.25) is 0 Å². The molecule has 0 fully saturated rings. The molecule has 0 saturated heterocycles. The minimum atomic E-state index is 0.128. The zero-order valence-corrected chi connectivity index (χ0v) is 14.3. The van der Waals surface area contributed by atoms with Gasteiger partial charge >= 0.3 is 0 Å². The van der Waals surface area contributed by atoms with Gasteiger partial charge < -0.3 is 0 Å². The minimum Gasteiger partial charge on any atom is -0.145 e. The Balaban J connectivity index is 2.85. The second-order valence-electron chi connectivity index (χ2n) is 4.90. The van der Waals surface area contributed by atoms with Crippen molar-refractivity contribution in [3.8, 4) is 0 Å². The minimum absolute atomic E-state index is 0.128. The summed E-state index contributed by atoms with van der Waals surface area (Å²) in [5.41, 5.74) is 0. The van der Waals surface area contributed by atoms with Crippen LogP contribution in [0.3, 0.4) is 0 Å². The molecule has 104 valence electrons. The summed E-state index contributed by atoms with van der Waals surface area (Å²) < 4.78 is 0. The third kappa shape index (κ3) is 4.67. The van der Waals surface area contributed by atoms with Gasteiger partial charge in [0.1, 0.15) is 0 Å². The first-order valence-electron chi connectivity index (χ1n) is 7.63. The molecule has 0 N–H and O–H groups in total. The molecule has 0 saturated carbocycles. The van der Waals surface area contributed by atoms with E-state index in [9.17, 15) is 0 Å². The quantitative estimate of drug-likeness (QED) is 0.519. The van der Waals surface area contributed by atoms with E-state index in [2.05, 4.69) is 45.1 Å². The highest BCUT2D eigenvalue weighted by Crippen LogP contribution is 2.38. The summed E-state index contributed by atoms with van der Waals surface area (Å²) >= 11 is 2.11. The summed E-state index contributed by atoms with van der Waals surface area (Å²) in [5.74, 6) is 0. The normalized spacial score (nSPS) is 11.4. The Morgan fingerprint density at radius 2 is 1.56 bits per heavy atom. The molecule has 1 rings (SSSR count). The summed E-state index contributed by atoms with van der Waals surface area (Å²) in [4.78, 5) is 3.37. The van der Waals surface area contributed by atoms with Crippen LogP contribution in [-0.2, 0) is 12.8 Å². The molecule has 0 aliphatic heterocycles. The smallest absolute Gasteiger partial charge is 0.0125 e. The molecule has 0 amide bonds. The number of thiophene rings is 1. The number of aryl methyl sites for hydroxylation is 2. The van der Waals surface area contributed by atoms with E-state index in [4.69, 9.17) is 0 Å². The lowest BCUT2D eigenvalue weighted by atomic mass is 10.2. The first-order valence-corrected chi connectivity index (χ1v) is 10.2. The lowest BCUT2D eigenvalue weighted by Crippen LogP contribution is -2.06. The number of hydrogen-bond donors (Lipinski definition) is 0. The Kier molecular flexibility index (Phi) is 8.18. The van der Waals surface area contributed by atoms with Crippen LogP contribution in [0.25, 0.3) is 0 Å². The number of hydrogen-bond acceptors (Lipinski definition) is 1. The first kappa shape index (κ1) is 16.2. The van der Waals surface area contributed by atoms with Gasteiger partial charge in [-0.2, -0.15) is 0 Å². The summed E-state index contributed by atoms with van der Waals surface area (Å²) in [6.45, 7) is 9.32. The van der Waals surface area contributed by atoms with E-state index in [-0.39, 0.29) is 7.92 Å². The monoisotopic (exact) mass is 284 g/mol. The highest BCUT2D eigenvalue weighted by Gasteiger charge is 2.15. The number of rotatable bonds is 9. The van der Waals surface area contributed by atoms with Crippen molar-refractivity contribution in [1.82, 2.24) is 0 Å². The molecule has 0 spiro atoms. The summed E-state index contributed by atoms with van der Waals surface area (Å²) in [6, 6.07) is 2.56. The molecule has 0 radical (unpaired) electrons. The summed E-state index contributed by atoms with van der Waals surface area (Å²) in [6.07, 6.45) is 10.7. The highest BCUT2D eigenvalue weighted by atomic mass is 32.1. The first-order chi connectivity index (χ1) is 8.76. The maximum Gasteiger partial charge on any atom is 0.0125 e. The van der Waals surface area contributed by atoms with Gasteiger partial charge in [0.25, 0.3) is 0 Å². The highest BCUT2D eigenvalue weighted by molar-refractivity contribution is 7.66. The fraction of sp³-hybridized carbons (Fsp3) is 0.750. The van der Waals surface area contributed by atoms with Crippen molar-refractivity contribution in [3.63, 3.8) is 0 Å². The van der Waals surface area contributed by atoms with Crippen molar-refractivity contribution in [3.05, 3.63) is 15.8 Å². The Morgan fingerprint density at radius 1 is 0.944 bits per heavy atom. The van der Waals surface area contributed by atoms with Gasteiger partial charge in [-0.05, 0) is 49.4 Å². The van der Waals surface area contributed by atoms with Crippen molar-refractivity contribution >= 4 is 24.6 Å². The van der Waals surface area contributed by atoms with Crippen LogP contribution in [0, 0.1) is 0 Å². The van der Waals surface area contributed by atoms with Crippen LogP contribution in [0.4, 0.5) is 0 Å². The van der Waals surface area contributed by atoms with Crippen LogP contribution in [0.1, 0.15) is 63.1 Å². The molecular weight excluding hydrogens is 255 g/mol. The van der Waals surface area contributed by atoms with Gasteiger partial charge in [-0.1, -0.05) is 48.5 Å². The van der Waals surface area contributed by atoms with Crippen LogP contribution in [0.5, 0.6) is 0 Å². The van der Waals surface area contributed by atoms with E-state index in [1.807, 2.05) is 0 Å². The van der Waals surface area contributed by atoms with Gasteiger partial charge in [0.15, 0.2) is 0 Å². The van der Waals surface area contributed by atoms with Crippen molar-refractivity contribution < 1.29 is 0 Å². The molecule has 1 aromatic heterocycles. The molecule has 18 heavy (non-hydrogen) atoms. The van der Waals surface area contributed by atoms with Crippen molar-refractivity contribution in [2.24, 2.45) is 0 Å². The average molecular weight is 284 g/mol. The van der Waals surface area contributed by atoms with Crippen molar-refractivity contribution in [2.75, 3.05) is 12.3 Å². The molecule has 2 heteroatoms. The number of unbranched alkanes of at least 4 members (excludes halogenated alkanes) is 2. The lowest BCUT2D eigenvalue weighted by Gasteiger charge is -2.14. The molecule has 0 nitrogen and oxygen atoms in total. The van der Waals surface area contributed by atoms with Gasteiger partial charge in [-0.3, -0.25) is 0 Å². The zero-order chi connectivity index (χ0) is 13.4. The maximum atomic E-state index is 2.56. The molecule has 0 aromatic carbocycles. The van der Waals surface area contributed by atoms with Gasteiger partial charge in [-0.15, -0.1) is 11.3 Å². The lowest BCUT2D eigenvalue weighted by molar-refractivity contribution is 0.803. The van der Waals surface area contributed by atoms with E-state index >= 15 is 0 Å². The van der Waals surface area contributed by atoms with Gasteiger partial charge in [0.2, 0.25) is 0 Å². The Morgan fingerprint density at radius 3 is 2.11 bits per heavy atom. The van der Waals surface area contributed by atoms with Crippen molar-refractivity contribution in [2.45, 2.75) is 66.2 Å². The third-order valence-electron chi connectivity index (χ3n) is 3.48. The zero-order valence-electron chi connectivity index (χ0n) is 12.6. The molecule has 0 unspecified atom stereocenters. The predicted octanol–water partition coefficient (Wildman–Crippen LogP) is 5.58. The third-order valence-corrected chi connectivity index (χ3v) is 7.49. The second-order valence-corrected chi connectivity index (χ2v) is 8.95. The van der Waals surface area contributed by atoms with Crippen molar-refractivity contribution in [1.29, 1.82) is 0 Å². The van der Waals surface area contributed by atoms with Crippen LogP contribution >= 0.6 is 19.3 Å². The topological polar surface area (TPSA) is 0 Å². The fourth-order valence-electron chi connectivity index (χ4n) is 2.30. The summed E-state index contributed by atoms with van der Waals surface area (Å²) in [5, 5.41) is 1.75. The van der Waals surface area contributed by atoms with Crippen LogP contribution in [0.15, 0.2) is 6.07 Å². The standard InChI is InChI=1S/C16H29PS/c1-5-9-11-14-13-15(17(7-3)8-4)16(18-14)12-10-6-2/h13H,5-12H2,1-4H3. The SMILES string of the molecule is CCCCc1cc(P(CC)CC)c(CCCC)s1. The fourth-order valence-corrected chi connectivity index (χ4v) is 5.99. The Hall–Kier alpha value is 0.130. The Bertz CT molecular complexity index is 326. The molecule has 1 heterocycles. The van der Waals surface area contributed by atoms with E-state index in [1.165, 1.54) is 50.8 Å². The van der Waals surface area contributed by atoms with Gasteiger partial charge in [-0.25, -0.2) is 0 Å². The second kappa shape index (κ2) is 9.10. The van der Waals surface area contributed by atoms with Gasteiger partial charge in [0.05, 0.1) is 0 Å². The molecule has 0 bridgehead atoms. The summed E-state index contributed by atoms with van der Waals surface area (Å²) in [7, 11) is 0.128. The molecule has 1 aromatic rings. The van der Waals surface area contributed by atoms with Gasteiger partial charge in [0, 0.05) is 9.75 Å². The van der Waals surface area contributed by atoms with E-state index in [0.29, 0.717) is 0 Å². The van der Waals surface area contributed by atoms with Crippen LogP contribution in [-0.4, -0.2) is 12.3 Å². The van der Waals surface area contributed by atoms with E-state index < -0.39 is 0 Å². The van der Waals surface area contributed by atoms with E-state index in [1.54, 1.807) is 15.1 Å². The molecule has 0 atom stereocenters. The largest absolute Gasteiger partial charge is 0.145 e. The van der Waals surface area contributed by atoms with Crippen LogP contribution < -0.4 is 5.30 Å². The Labute approximate surface area is 119 Å². The predicted molar refractivity (Wildman–Crippen MR) is 89.2 cm³/mol. The molecule has 0 aliphatic carbocycles. The molecular formula is C16H29PS. The molecule has 0 aliphatic rings.